The molecule has 1 aliphatic carbocycles. The highest BCUT2D eigenvalue weighted by molar-refractivity contribution is 6.01. The Bertz CT molecular complexity index is 2480. The van der Waals surface area contributed by atoms with Crippen LogP contribution in [0, 0.1) is 5.41 Å². The van der Waals surface area contributed by atoms with Gasteiger partial charge in [-0.25, -0.2) is 4.79 Å². The van der Waals surface area contributed by atoms with E-state index in [0.29, 0.717) is 18.0 Å². The summed E-state index contributed by atoms with van der Waals surface area (Å²) in [5.74, 6) is -0.638. The van der Waals surface area contributed by atoms with Crippen LogP contribution in [0.15, 0.2) is 47.3 Å². The molecule has 3 fully saturated rings. The summed E-state index contributed by atoms with van der Waals surface area (Å²) in [7, 11) is 3.64. The number of aromatic nitrogens is 5. The highest BCUT2D eigenvalue weighted by Gasteiger charge is 2.37. The van der Waals surface area contributed by atoms with Crippen molar-refractivity contribution in [2.45, 2.75) is 96.8 Å². The van der Waals surface area contributed by atoms with Gasteiger partial charge in [-0.1, -0.05) is 26.0 Å². The van der Waals surface area contributed by atoms with Gasteiger partial charge in [0, 0.05) is 93.2 Å². The van der Waals surface area contributed by atoms with Crippen LogP contribution >= 0.6 is 0 Å². The second-order valence-electron chi connectivity index (χ2n) is 18.0. The molecule has 3 atom stereocenters. The Morgan fingerprint density at radius 2 is 1.79 bits per heavy atom. The predicted octanol–water partition coefficient (Wildman–Crippen LogP) is 4.73. The molecule has 3 saturated heterocycles. The zero-order chi connectivity index (χ0) is 40.6. The van der Waals surface area contributed by atoms with E-state index in [0.717, 1.165) is 104 Å². The number of nitrogens with zero attached hydrogens (tertiary/aromatic N) is 7. The summed E-state index contributed by atoms with van der Waals surface area (Å²) in [6.07, 6.45) is 5.68. The van der Waals surface area contributed by atoms with Crippen LogP contribution in [0.2, 0.25) is 0 Å². The lowest BCUT2D eigenvalue weighted by atomic mass is 9.76. The first-order valence-corrected chi connectivity index (χ1v) is 21.0. The van der Waals surface area contributed by atoms with Gasteiger partial charge in [-0.05, 0) is 88.1 Å². The van der Waals surface area contributed by atoms with E-state index in [4.69, 9.17) is 5.10 Å². The van der Waals surface area contributed by atoms with Crippen molar-refractivity contribution in [3.63, 3.8) is 0 Å². The maximum Gasteiger partial charge on any atom is 0.329 e. The fourth-order valence-electron chi connectivity index (χ4n) is 10.4. The van der Waals surface area contributed by atoms with Crippen molar-refractivity contribution in [3.8, 4) is 11.4 Å². The fraction of sp³-hybridized carbons (Fsp3) is 0.523. The number of imide groups is 1. The number of rotatable bonds is 7. The van der Waals surface area contributed by atoms with E-state index < -0.39 is 11.9 Å². The summed E-state index contributed by atoms with van der Waals surface area (Å²) in [6.45, 7) is 13.2. The number of imidazole rings is 1. The predicted molar refractivity (Wildman–Crippen MR) is 226 cm³/mol. The smallest absolute Gasteiger partial charge is 0.329 e. The topological polar surface area (TPSA) is 148 Å². The van der Waals surface area contributed by atoms with Crippen LogP contribution < -0.4 is 20.8 Å². The SMILES string of the molecule is CC1CN(C2CCN(c3cccc4c3n(C)c(=O)n4C3CCC(=O)NC3=O)CC2)CCN1[C@@H](C)C(=O)N(C)c1ccc2cc(-c3n[nH]c4c3CCC(C)(C)C4)[nH]c2c1. The van der Waals surface area contributed by atoms with Crippen LogP contribution in [-0.4, -0.2) is 110 Å². The van der Waals surface area contributed by atoms with Crippen LogP contribution in [-0.2, 0) is 34.3 Å². The van der Waals surface area contributed by atoms with Gasteiger partial charge in [0.15, 0.2) is 0 Å². The molecule has 4 aliphatic rings. The van der Waals surface area contributed by atoms with Crippen LogP contribution in [0.5, 0.6) is 0 Å². The zero-order valence-electron chi connectivity index (χ0n) is 34.6. The van der Waals surface area contributed by atoms with Crippen LogP contribution in [0.4, 0.5) is 11.4 Å². The van der Waals surface area contributed by atoms with E-state index in [9.17, 15) is 19.2 Å². The summed E-state index contributed by atoms with van der Waals surface area (Å²) >= 11 is 0. The van der Waals surface area contributed by atoms with Gasteiger partial charge in [0.1, 0.15) is 11.7 Å². The summed E-state index contributed by atoms with van der Waals surface area (Å²) in [5, 5.41) is 11.5. The van der Waals surface area contributed by atoms with Crippen molar-refractivity contribution in [1.29, 1.82) is 0 Å². The molecule has 14 heteroatoms. The molecule has 0 bridgehead atoms. The number of aryl methyl sites for hydroxylation is 1. The van der Waals surface area contributed by atoms with E-state index in [1.54, 1.807) is 21.1 Å². The van der Waals surface area contributed by atoms with E-state index >= 15 is 0 Å². The summed E-state index contributed by atoms with van der Waals surface area (Å²) in [6, 6.07) is 14.0. The molecule has 2 aromatic carbocycles. The molecular weight excluding hydrogens is 733 g/mol. The van der Waals surface area contributed by atoms with Gasteiger partial charge in [-0.15, -0.1) is 0 Å². The summed E-state index contributed by atoms with van der Waals surface area (Å²) in [4.78, 5) is 64.8. The van der Waals surface area contributed by atoms with Gasteiger partial charge in [0.05, 0.1) is 28.5 Å². The number of aromatic amines is 2. The lowest BCUT2D eigenvalue weighted by molar-refractivity contribution is -0.135. The lowest BCUT2D eigenvalue weighted by Crippen LogP contribution is -2.60. The number of piperidine rings is 2. The third-order valence-electron chi connectivity index (χ3n) is 13.7. The first-order chi connectivity index (χ1) is 27.8. The molecule has 9 rings (SSSR count). The maximum absolute atomic E-state index is 14.0. The number of fused-ring (bicyclic) bond motifs is 3. The van der Waals surface area contributed by atoms with Crippen LogP contribution in [0.3, 0.4) is 0 Å². The number of para-hydroxylation sites is 1. The molecule has 6 heterocycles. The Labute approximate surface area is 338 Å². The van der Waals surface area contributed by atoms with E-state index in [1.807, 2.05) is 32.2 Å². The van der Waals surface area contributed by atoms with Crippen molar-refractivity contribution in [3.05, 3.63) is 64.2 Å². The largest absolute Gasteiger partial charge is 0.370 e. The average molecular weight is 789 g/mol. The highest BCUT2D eigenvalue weighted by atomic mass is 16.2. The van der Waals surface area contributed by atoms with Gasteiger partial charge in [0.25, 0.3) is 0 Å². The number of carbonyl (C=O) groups is 3. The van der Waals surface area contributed by atoms with Gasteiger partial charge >= 0.3 is 5.69 Å². The standard InChI is InChI=1S/C44H56N10O4/c1-26-25-52(29-15-18-51(19-16-29)35-8-7-9-36-40(35)50(6)43(58)54(36)37-12-13-38(55)46-41(37)56)20-21-53(26)27(2)42(57)49(5)30-11-10-28-22-33(45-32(28)23-30)39-31-14-17-44(3,4)24-34(31)47-48-39/h7-11,22-23,26-27,29,37,45H,12-21,24-25H2,1-6H3,(H,47,48)(H,46,55,56)/t26?,27-,37?/m0/s1. The molecule has 3 aliphatic heterocycles. The summed E-state index contributed by atoms with van der Waals surface area (Å²) < 4.78 is 3.20. The minimum atomic E-state index is -0.705. The molecule has 14 nitrogen and oxygen atoms in total. The number of hydrogen-bond acceptors (Lipinski definition) is 8. The Hall–Kier alpha value is -5.21. The minimum absolute atomic E-state index is 0.0822. The van der Waals surface area contributed by atoms with Gasteiger partial charge < -0.3 is 14.8 Å². The number of likely N-dealkylation sites (N-methyl/N-ethyl adjacent to an activating group) is 1. The third-order valence-corrected chi connectivity index (χ3v) is 13.7. The minimum Gasteiger partial charge on any atom is -0.370 e. The second kappa shape index (κ2) is 14.6. The van der Waals surface area contributed by atoms with E-state index in [2.05, 4.69) is 75.1 Å². The number of nitrogens with one attached hydrogen (secondary N) is 3. The Morgan fingerprint density at radius 3 is 2.55 bits per heavy atom. The molecular formula is C44H56N10O4. The number of hydrogen-bond donors (Lipinski definition) is 3. The van der Waals surface area contributed by atoms with Crippen molar-refractivity contribution >= 4 is 51.0 Å². The van der Waals surface area contributed by atoms with Crippen molar-refractivity contribution in [1.82, 2.24) is 39.4 Å². The van der Waals surface area contributed by atoms with Crippen molar-refractivity contribution < 1.29 is 14.4 Å². The fourth-order valence-corrected chi connectivity index (χ4v) is 10.4. The average Bonchev–Trinajstić information content (AvgIpc) is 3.89. The molecule has 0 saturated carbocycles. The quantitative estimate of drug-likeness (QED) is 0.201. The number of benzene rings is 2. The van der Waals surface area contributed by atoms with Crippen LogP contribution in [0.1, 0.15) is 77.1 Å². The van der Waals surface area contributed by atoms with Gasteiger partial charge in [-0.2, -0.15) is 5.10 Å². The van der Waals surface area contributed by atoms with E-state index in [-0.39, 0.29) is 41.4 Å². The van der Waals surface area contributed by atoms with Gasteiger partial charge in [-0.3, -0.25) is 43.7 Å². The number of amides is 3. The number of anilines is 2. The van der Waals surface area contributed by atoms with Crippen molar-refractivity contribution in [2.24, 2.45) is 12.5 Å². The van der Waals surface area contributed by atoms with Crippen molar-refractivity contribution in [2.75, 3.05) is 49.6 Å². The Balaban J connectivity index is 0.825. The molecule has 3 amide bonds. The first kappa shape index (κ1) is 38.3. The number of piperazine rings is 1. The third kappa shape index (κ3) is 6.63. The Kier molecular flexibility index (Phi) is 9.62. The molecule has 2 unspecified atom stereocenters. The lowest BCUT2D eigenvalue weighted by Gasteiger charge is -2.47. The van der Waals surface area contributed by atoms with Gasteiger partial charge in [0.2, 0.25) is 17.7 Å². The first-order valence-electron chi connectivity index (χ1n) is 21.0. The molecule has 5 aromatic rings. The molecule has 306 valence electrons. The molecule has 58 heavy (non-hydrogen) atoms. The molecule has 3 N–H and O–H groups in total. The normalized spacial score (nSPS) is 22.7. The Morgan fingerprint density at radius 1 is 1.00 bits per heavy atom. The molecule has 0 radical (unpaired) electrons. The zero-order valence-corrected chi connectivity index (χ0v) is 34.6. The van der Waals surface area contributed by atoms with Crippen LogP contribution in [0.25, 0.3) is 33.3 Å². The number of H-pyrrole nitrogens is 2. The maximum atomic E-state index is 14.0. The monoisotopic (exact) mass is 788 g/mol. The molecule has 3 aromatic heterocycles. The number of carbonyl (C=O) groups excluding carboxylic acids is 3. The highest BCUT2D eigenvalue weighted by Crippen LogP contribution is 2.39. The summed E-state index contributed by atoms with van der Waals surface area (Å²) in [5.41, 5.74) is 8.99. The van der Waals surface area contributed by atoms with E-state index in [1.165, 1.54) is 11.3 Å². The molecule has 0 spiro atoms. The second-order valence-corrected chi connectivity index (χ2v) is 18.0.